The molecule has 2 rings (SSSR count). The van der Waals surface area contributed by atoms with Gasteiger partial charge < -0.3 is 4.90 Å². The molecule has 0 amide bonds. The number of allylic oxidation sites excluding steroid dienone is 2. The van der Waals surface area contributed by atoms with Gasteiger partial charge in [-0.1, -0.05) is 11.6 Å². The second-order valence-corrected chi connectivity index (χ2v) is 4.44. The van der Waals surface area contributed by atoms with Gasteiger partial charge in [-0.3, -0.25) is 9.59 Å². The van der Waals surface area contributed by atoms with Gasteiger partial charge in [0.15, 0.2) is 0 Å². The van der Waals surface area contributed by atoms with Crippen LogP contribution in [0.15, 0.2) is 22.9 Å². The number of aromatic nitrogens is 1. The zero-order chi connectivity index (χ0) is 12.7. The Balaban J connectivity index is 2.69. The van der Waals surface area contributed by atoms with E-state index in [1.54, 1.807) is 38.1 Å². The van der Waals surface area contributed by atoms with Crippen molar-refractivity contribution in [1.82, 2.24) is 9.88 Å². The van der Waals surface area contributed by atoms with Crippen LogP contribution in [0.1, 0.15) is 26.5 Å². The Morgan fingerprint density at radius 3 is 2.41 bits per heavy atom. The summed E-state index contributed by atoms with van der Waals surface area (Å²) in [7, 11) is 3.35. The van der Waals surface area contributed by atoms with Gasteiger partial charge in [0.25, 0.3) is 0 Å². The summed E-state index contributed by atoms with van der Waals surface area (Å²) in [6.45, 7) is 1.76. The maximum absolute atomic E-state index is 12.1. The first kappa shape index (κ1) is 11.8. The van der Waals surface area contributed by atoms with Crippen molar-refractivity contribution in [3.05, 3.63) is 39.8 Å². The Morgan fingerprint density at radius 2 is 1.82 bits per heavy atom. The van der Waals surface area contributed by atoms with E-state index in [1.807, 2.05) is 0 Å². The third-order valence-corrected chi connectivity index (χ3v) is 2.91. The summed E-state index contributed by atoms with van der Waals surface area (Å²) in [6.07, 6.45) is 0. The first-order valence-corrected chi connectivity index (χ1v) is 5.45. The second kappa shape index (κ2) is 3.96. The number of halogens is 1. The highest BCUT2D eigenvalue weighted by molar-refractivity contribution is 6.49. The predicted molar refractivity (Wildman–Crippen MR) is 64.2 cm³/mol. The highest BCUT2D eigenvalue weighted by atomic mass is 35.5. The number of fused-ring (bicyclic) bond motifs is 1. The summed E-state index contributed by atoms with van der Waals surface area (Å²) in [5, 5.41) is -0.0643. The third-order valence-electron chi connectivity index (χ3n) is 2.56. The first-order chi connectivity index (χ1) is 7.93. The highest BCUT2D eigenvalue weighted by Gasteiger charge is 2.33. The molecule has 1 heterocycles. The number of rotatable bonds is 1. The van der Waals surface area contributed by atoms with Crippen molar-refractivity contribution in [3.63, 3.8) is 0 Å². The Morgan fingerprint density at radius 1 is 1.18 bits per heavy atom. The summed E-state index contributed by atoms with van der Waals surface area (Å²) in [6, 6.07) is 3.32. The van der Waals surface area contributed by atoms with E-state index in [2.05, 4.69) is 4.98 Å². The van der Waals surface area contributed by atoms with E-state index in [-0.39, 0.29) is 22.2 Å². The molecule has 0 saturated heterocycles. The van der Waals surface area contributed by atoms with Gasteiger partial charge >= 0.3 is 0 Å². The minimum Gasteiger partial charge on any atom is -0.373 e. The number of carbonyl (C=O) groups is 2. The molecule has 0 aliphatic heterocycles. The zero-order valence-corrected chi connectivity index (χ0v) is 10.5. The number of ketones is 2. The summed E-state index contributed by atoms with van der Waals surface area (Å²) >= 11 is 5.93. The minimum atomic E-state index is -0.395. The largest absolute Gasteiger partial charge is 0.373 e. The number of hydrogen-bond donors (Lipinski definition) is 0. The average Bonchev–Trinajstić information content (AvgIpc) is 2.25. The molecular weight excluding hydrogens is 240 g/mol. The molecule has 1 aromatic rings. The maximum atomic E-state index is 12.1. The SMILES string of the molecule is Cc1ccc2c(n1)C(=O)C(Cl)=C(N(C)C)C2=O. The van der Waals surface area contributed by atoms with E-state index in [9.17, 15) is 9.59 Å². The predicted octanol–water partition coefficient (Wildman–Crippen LogP) is 1.78. The van der Waals surface area contributed by atoms with Gasteiger partial charge in [0.1, 0.15) is 16.4 Å². The molecule has 0 N–H and O–H groups in total. The molecule has 0 spiro atoms. The standard InChI is InChI=1S/C12H11ClN2O2/c1-6-4-5-7-9(14-6)12(17)8(13)10(11(7)16)15(2)3/h4-5H,1-3H3. The van der Waals surface area contributed by atoms with E-state index >= 15 is 0 Å². The molecule has 88 valence electrons. The fourth-order valence-corrected chi connectivity index (χ4v) is 2.10. The number of pyridine rings is 1. The van der Waals surface area contributed by atoms with Crippen molar-refractivity contribution >= 4 is 23.2 Å². The van der Waals surface area contributed by atoms with Gasteiger partial charge in [0.2, 0.25) is 11.6 Å². The van der Waals surface area contributed by atoms with Gasteiger partial charge in [-0.05, 0) is 19.1 Å². The van der Waals surface area contributed by atoms with Crippen LogP contribution in [0, 0.1) is 6.92 Å². The molecule has 1 aliphatic rings. The Kier molecular flexibility index (Phi) is 2.75. The molecule has 1 aliphatic carbocycles. The molecular formula is C12H11ClN2O2. The van der Waals surface area contributed by atoms with E-state index in [1.165, 1.54) is 0 Å². The monoisotopic (exact) mass is 250 g/mol. The first-order valence-electron chi connectivity index (χ1n) is 5.07. The molecule has 0 atom stereocenters. The van der Waals surface area contributed by atoms with Crippen molar-refractivity contribution in [1.29, 1.82) is 0 Å². The quantitative estimate of drug-likeness (QED) is 0.762. The molecule has 4 nitrogen and oxygen atoms in total. The lowest BCUT2D eigenvalue weighted by Crippen LogP contribution is -2.29. The Labute approximate surface area is 104 Å². The van der Waals surface area contributed by atoms with E-state index in [0.717, 1.165) is 0 Å². The number of nitrogens with zero attached hydrogens (tertiary/aromatic N) is 2. The molecule has 0 radical (unpaired) electrons. The van der Waals surface area contributed by atoms with Crippen molar-refractivity contribution < 1.29 is 9.59 Å². The molecule has 0 fully saturated rings. The van der Waals surface area contributed by atoms with Crippen LogP contribution in [0.4, 0.5) is 0 Å². The van der Waals surface area contributed by atoms with Crippen molar-refractivity contribution in [2.24, 2.45) is 0 Å². The van der Waals surface area contributed by atoms with Crippen LogP contribution < -0.4 is 0 Å². The maximum Gasteiger partial charge on any atom is 0.225 e. The van der Waals surface area contributed by atoms with Crippen LogP contribution in [0.25, 0.3) is 0 Å². The summed E-state index contributed by atoms with van der Waals surface area (Å²) < 4.78 is 0. The van der Waals surface area contributed by atoms with Crippen molar-refractivity contribution in [2.45, 2.75) is 6.92 Å². The van der Waals surface area contributed by atoms with Crippen LogP contribution in [0.3, 0.4) is 0 Å². The summed E-state index contributed by atoms with van der Waals surface area (Å²) in [5.41, 5.74) is 1.36. The molecule has 0 saturated carbocycles. The number of Topliss-reactive ketones (excluding diaryl/α,β-unsaturated/α-hetero) is 2. The summed E-state index contributed by atoms with van der Waals surface area (Å²) in [5.74, 6) is -0.657. The molecule has 0 bridgehead atoms. The van der Waals surface area contributed by atoms with Crippen molar-refractivity contribution in [2.75, 3.05) is 14.1 Å². The Bertz CT molecular complexity index is 562. The lowest BCUT2D eigenvalue weighted by Gasteiger charge is -2.22. The lowest BCUT2D eigenvalue weighted by atomic mass is 9.96. The topological polar surface area (TPSA) is 50.3 Å². The van der Waals surface area contributed by atoms with Gasteiger partial charge in [0.05, 0.1) is 5.56 Å². The highest BCUT2D eigenvalue weighted by Crippen LogP contribution is 2.28. The lowest BCUT2D eigenvalue weighted by molar-refractivity contribution is 0.0955. The third kappa shape index (κ3) is 1.74. The van der Waals surface area contributed by atoms with Crippen LogP contribution in [0.5, 0.6) is 0 Å². The Hall–Kier alpha value is -1.68. The number of hydrogen-bond acceptors (Lipinski definition) is 4. The second-order valence-electron chi connectivity index (χ2n) is 4.06. The van der Waals surface area contributed by atoms with Gasteiger partial charge in [-0.25, -0.2) is 4.98 Å². The fraction of sp³-hybridized carbons (Fsp3) is 0.250. The van der Waals surface area contributed by atoms with Crippen LogP contribution in [-0.4, -0.2) is 35.5 Å². The molecule has 17 heavy (non-hydrogen) atoms. The van der Waals surface area contributed by atoms with E-state index < -0.39 is 5.78 Å². The normalized spacial score (nSPS) is 15.1. The smallest absolute Gasteiger partial charge is 0.225 e. The van der Waals surface area contributed by atoms with Crippen LogP contribution >= 0.6 is 11.6 Å². The molecule has 0 unspecified atom stereocenters. The van der Waals surface area contributed by atoms with E-state index in [0.29, 0.717) is 11.3 Å². The van der Waals surface area contributed by atoms with Gasteiger partial charge in [-0.15, -0.1) is 0 Å². The fourth-order valence-electron chi connectivity index (χ4n) is 1.75. The molecule has 0 aromatic carbocycles. The number of carbonyl (C=O) groups excluding carboxylic acids is 2. The number of aryl methyl sites for hydroxylation is 1. The number of likely N-dealkylation sites (N-methyl/N-ethyl adjacent to an activating group) is 1. The van der Waals surface area contributed by atoms with Crippen LogP contribution in [0.2, 0.25) is 0 Å². The zero-order valence-electron chi connectivity index (χ0n) is 9.74. The van der Waals surface area contributed by atoms with E-state index in [4.69, 9.17) is 11.6 Å². The molecule has 1 aromatic heterocycles. The molecule has 5 heteroatoms. The van der Waals surface area contributed by atoms with Crippen molar-refractivity contribution in [3.8, 4) is 0 Å². The minimum absolute atomic E-state index is 0.0643. The average molecular weight is 251 g/mol. The van der Waals surface area contributed by atoms with Crippen LogP contribution in [-0.2, 0) is 0 Å². The van der Waals surface area contributed by atoms with Gasteiger partial charge in [0, 0.05) is 19.8 Å². The summed E-state index contributed by atoms with van der Waals surface area (Å²) in [4.78, 5) is 29.8. The van der Waals surface area contributed by atoms with Gasteiger partial charge in [-0.2, -0.15) is 0 Å².